The van der Waals surface area contributed by atoms with Crippen LogP contribution in [0.5, 0.6) is 0 Å². The number of hydrogen-bond donors (Lipinski definition) is 1. The van der Waals surface area contributed by atoms with E-state index < -0.39 is 0 Å². The van der Waals surface area contributed by atoms with Crippen LogP contribution in [-0.2, 0) is 0 Å². The van der Waals surface area contributed by atoms with Crippen molar-refractivity contribution >= 4 is 32.2 Å². The van der Waals surface area contributed by atoms with Gasteiger partial charge in [-0.3, -0.25) is 0 Å². The Bertz CT molecular complexity index is 519. The predicted molar refractivity (Wildman–Crippen MR) is 70.4 cm³/mol. The second-order valence-corrected chi connectivity index (χ2v) is 7.33. The van der Waals surface area contributed by atoms with Gasteiger partial charge in [-0.25, -0.2) is 9.50 Å². The van der Waals surface area contributed by atoms with E-state index in [-0.39, 0.29) is 0 Å². The van der Waals surface area contributed by atoms with Gasteiger partial charge in [0.1, 0.15) is 0 Å². The maximum absolute atomic E-state index is 4.71. The first kappa shape index (κ1) is 10.5. The van der Waals surface area contributed by atoms with E-state index >= 15 is 0 Å². The maximum atomic E-state index is 4.71. The van der Waals surface area contributed by atoms with E-state index in [2.05, 4.69) is 32.5 Å². The second kappa shape index (κ2) is 3.76. The average Bonchev–Trinajstić information content (AvgIpc) is 2.90. The van der Waals surface area contributed by atoms with Crippen molar-refractivity contribution in [1.29, 1.82) is 0 Å². The number of fused-ring (bicyclic) bond motifs is 2. The van der Waals surface area contributed by atoms with Gasteiger partial charge in [0.25, 0.3) is 0 Å². The highest BCUT2D eigenvalue weighted by molar-refractivity contribution is 9.11. The van der Waals surface area contributed by atoms with Gasteiger partial charge in [0.15, 0.2) is 3.92 Å². The number of rotatable bonds is 1. The summed E-state index contributed by atoms with van der Waals surface area (Å²) in [6.45, 7) is 2.40. The highest BCUT2D eigenvalue weighted by Crippen LogP contribution is 2.43. The Labute approximate surface area is 112 Å². The third-order valence-electron chi connectivity index (χ3n) is 4.11. The molecule has 1 saturated heterocycles. The number of nitrogens with one attached hydrogen (secondary N) is 1. The molecule has 6 heteroatoms. The first-order valence-corrected chi connectivity index (χ1v) is 7.63. The van der Waals surface area contributed by atoms with Crippen molar-refractivity contribution in [2.75, 3.05) is 13.1 Å². The molecule has 1 unspecified atom stereocenters. The molecule has 17 heavy (non-hydrogen) atoms. The Kier molecular flexibility index (Phi) is 2.32. The van der Waals surface area contributed by atoms with Crippen LogP contribution in [0, 0.1) is 11.8 Å². The summed E-state index contributed by atoms with van der Waals surface area (Å²) in [6.07, 6.45) is 4.70. The van der Waals surface area contributed by atoms with Crippen molar-refractivity contribution in [3.8, 4) is 0 Å². The molecule has 0 amide bonds. The van der Waals surface area contributed by atoms with Crippen LogP contribution in [0.2, 0.25) is 0 Å². The molecule has 4 nitrogen and oxygen atoms in total. The first-order chi connectivity index (χ1) is 8.29. The number of imidazole rings is 1. The standard InChI is InChI=1S/C11H13BrN4S/c12-10-15-16-5-9(14-11(16)17-10)6-1-7-3-13-4-8(7)2-6/h5-8,13H,1-4H2/t6?,7-,8+. The number of hydrogen-bond acceptors (Lipinski definition) is 4. The van der Waals surface area contributed by atoms with E-state index in [4.69, 9.17) is 4.98 Å². The molecule has 2 aromatic heterocycles. The van der Waals surface area contributed by atoms with E-state index in [1.54, 1.807) is 11.3 Å². The molecule has 1 aliphatic heterocycles. The summed E-state index contributed by atoms with van der Waals surface area (Å²) < 4.78 is 2.80. The van der Waals surface area contributed by atoms with Crippen LogP contribution in [0.4, 0.5) is 0 Å². The first-order valence-electron chi connectivity index (χ1n) is 6.02. The van der Waals surface area contributed by atoms with Gasteiger partial charge in [0.05, 0.1) is 11.9 Å². The van der Waals surface area contributed by atoms with Gasteiger partial charge in [-0.1, -0.05) is 11.3 Å². The zero-order valence-corrected chi connectivity index (χ0v) is 11.7. The Morgan fingerprint density at radius 1 is 1.35 bits per heavy atom. The zero-order chi connectivity index (χ0) is 11.4. The third kappa shape index (κ3) is 1.65. The van der Waals surface area contributed by atoms with Crippen molar-refractivity contribution in [2.24, 2.45) is 11.8 Å². The molecule has 1 aliphatic carbocycles. The van der Waals surface area contributed by atoms with E-state index in [0.29, 0.717) is 5.92 Å². The lowest BCUT2D eigenvalue weighted by Gasteiger charge is -2.06. The Morgan fingerprint density at radius 3 is 2.82 bits per heavy atom. The molecule has 0 radical (unpaired) electrons. The number of halogens is 1. The SMILES string of the molecule is Brc1nn2cc(C3C[C@H]4CNC[C@H]4C3)nc2s1. The minimum absolute atomic E-state index is 0.653. The van der Waals surface area contributed by atoms with Crippen molar-refractivity contribution in [3.63, 3.8) is 0 Å². The molecular weight excluding hydrogens is 300 g/mol. The summed E-state index contributed by atoms with van der Waals surface area (Å²) in [4.78, 5) is 5.71. The van der Waals surface area contributed by atoms with Crippen molar-refractivity contribution in [1.82, 2.24) is 19.9 Å². The van der Waals surface area contributed by atoms with Crippen LogP contribution < -0.4 is 5.32 Å². The van der Waals surface area contributed by atoms with Crippen molar-refractivity contribution in [3.05, 3.63) is 15.8 Å². The van der Waals surface area contributed by atoms with Gasteiger partial charge in [0, 0.05) is 5.92 Å². The minimum atomic E-state index is 0.653. The summed E-state index contributed by atoms with van der Waals surface area (Å²) in [6, 6.07) is 0. The van der Waals surface area contributed by atoms with Crippen LogP contribution >= 0.6 is 27.3 Å². The lowest BCUT2D eigenvalue weighted by Crippen LogP contribution is -2.11. The smallest absolute Gasteiger partial charge is 0.213 e. The van der Waals surface area contributed by atoms with Gasteiger partial charge in [-0.15, -0.1) is 5.10 Å². The molecule has 90 valence electrons. The molecule has 3 atom stereocenters. The van der Waals surface area contributed by atoms with Crippen LogP contribution in [0.25, 0.3) is 4.96 Å². The van der Waals surface area contributed by atoms with Gasteiger partial charge in [-0.05, 0) is 53.7 Å². The lowest BCUT2D eigenvalue weighted by molar-refractivity contribution is 0.494. The Hall–Kier alpha value is -0.460. The fourth-order valence-electron chi connectivity index (χ4n) is 3.30. The van der Waals surface area contributed by atoms with Crippen LogP contribution in [0.15, 0.2) is 10.1 Å². The molecule has 2 aliphatic rings. The summed E-state index contributed by atoms with van der Waals surface area (Å²) >= 11 is 4.99. The highest BCUT2D eigenvalue weighted by Gasteiger charge is 2.38. The maximum Gasteiger partial charge on any atom is 0.213 e. The summed E-state index contributed by atoms with van der Waals surface area (Å²) in [7, 11) is 0. The van der Waals surface area contributed by atoms with Crippen molar-refractivity contribution < 1.29 is 0 Å². The van der Waals surface area contributed by atoms with Gasteiger partial charge >= 0.3 is 0 Å². The van der Waals surface area contributed by atoms with E-state index in [9.17, 15) is 0 Å². The molecule has 3 heterocycles. The fourth-order valence-corrected chi connectivity index (χ4v) is 4.52. The largest absolute Gasteiger partial charge is 0.316 e. The lowest BCUT2D eigenvalue weighted by atomic mass is 10.0. The molecule has 2 aromatic rings. The molecule has 1 saturated carbocycles. The van der Waals surface area contributed by atoms with Gasteiger partial charge in [-0.2, -0.15) is 0 Å². The van der Waals surface area contributed by atoms with E-state index in [0.717, 1.165) is 20.7 Å². The van der Waals surface area contributed by atoms with Crippen LogP contribution in [0.1, 0.15) is 24.5 Å². The van der Waals surface area contributed by atoms with E-state index in [1.165, 1.54) is 31.6 Å². The van der Waals surface area contributed by atoms with Gasteiger partial charge in [0.2, 0.25) is 4.96 Å². The average molecular weight is 313 g/mol. The molecule has 0 bridgehead atoms. The van der Waals surface area contributed by atoms with Crippen LogP contribution in [-0.4, -0.2) is 27.7 Å². The van der Waals surface area contributed by atoms with Crippen LogP contribution in [0.3, 0.4) is 0 Å². The monoisotopic (exact) mass is 312 g/mol. The summed E-state index contributed by atoms with van der Waals surface area (Å²) in [5.74, 6) is 2.40. The summed E-state index contributed by atoms with van der Waals surface area (Å²) in [5, 5.41) is 7.84. The summed E-state index contributed by atoms with van der Waals surface area (Å²) in [5.41, 5.74) is 1.24. The normalized spacial score (nSPS) is 32.4. The molecule has 1 N–H and O–H groups in total. The fraction of sp³-hybridized carbons (Fsp3) is 0.636. The van der Waals surface area contributed by atoms with Gasteiger partial charge < -0.3 is 5.32 Å². The predicted octanol–water partition coefficient (Wildman–Crippen LogP) is 2.27. The van der Waals surface area contributed by atoms with E-state index in [1.807, 2.05) is 4.52 Å². The minimum Gasteiger partial charge on any atom is -0.316 e. The zero-order valence-electron chi connectivity index (χ0n) is 9.27. The molecule has 4 rings (SSSR count). The number of nitrogens with zero attached hydrogens (tertiary/aromatic N) is 3. The molecular formula is C11H13BrN4S. The quantitative estimate of drug-likeness (QED) is 0.878. The third-order valence-corrected chi connectivity index (χ3v) is 5.46. The highest BCUT2D eigenvalue weighted by atomic mass is 79.9. The Morgan fingerprint density at radius 2 is 2.12 bits per heavy atom. The molecule has 0 aromatic carbocycles. The number of aromatic nitrogens is 3. The van der Waals surface area contributed by atoms with Crippen molar-refractivity contribution in [2.45, 2.75) is 18.8 Å². The molecule has 0 spiro atoms. The Balaban J connectivity index is 1.64. The molecule has 2 fully saturated rings. The second-order valence-electron chi connectivity index (χ2n) is 5.09. The topological polar surface area (TPSA) is 42.2 Å².